The zero-order valence-corrected chi connectivity index (χ0v) is 14.6. The molecule has 1 aromatic carbocycles. The van der Waals surface area contributed by atoms with Gasteiger partial charge in [0.1, 0.15) is 17.3 Å². The molecule has 1 fully saturated rings. The Morgan fingerprint density at radius 3 is 2.88 bits per heavy atom. The van der Waals surface area contributed by atoms with Crippen LogP contribution >= 0.6 is 0 Å². The number of hydrogen-bond acceptors (Lipinski definition) is 6. The molecule has 0 atom stereocenters. The molecule has 2 aromatic rings. The van der Waals surface area contributed by atoms with E-state index in [1.165, 1.54) is 0 Å². The first-order chi connectivity index (χ1) is 11.9. The topological polar surface area (TPSA) is 121 Å². The summed E-state index contributed by atoms with van der Waals surface area (Å²) in [7, 11) is -2.06. The third kappa shape index (κ3) is 3.66. The number of hydrogen-bond donors (Lipinski definition) is 2. The number of anilines is 1. The number of rotatable bonds is 6. The lowest BCUT2D eigenvalue weighted by Gasteiger charge is -2.42. The molecule has 0 aliphatic carbocycles. The van der Waals surface area contributed by atoms with Gasteiger partial charge in [0.2, 0.25) is 0 Å². The maximum atomic E-state index is 10.9. The molecule has 8 nitrogen and oxygen atoms in total. The fourth-order valence-electron chi connectivity index (χ4n) is 3.11. The fraction of sp³-hybridized carbons (Fsp3) is 0.375. The van der Waals surface area contributed by atoms with Crippen molar-refractivity contribution in [3.63, 3.8) is 0 Å². The summed E-state index contributed by atoms with van der Waals surface area (Å²) in [5.41, 5.74) is 2.09. The van der Waals surface area contributed by atoms with E-state index in [9.17, 15) is 13.7 Å². The molecule has 1 aliphatic rings. The minimum absolute atomic E-state index is 0.313. The predicted molar refractivity (Wildman–Crippen MR) is 94.4 cm³/mol. The molecule has 3 rings (SSSR count). The highest BCUT2D eigenvalue weighted by molar-refractivity contribution is 7.87. The van der Waals surface area contributed by atoms with Gasteiger partial charge in [0, 0.05) is 31.2 Å². The lowest BCUT2D eigenvalue weighted by atomic mass is 9.94. The van der Waals surface area contributed by atoms with Crippen LogP contribution in [0.3, 0.4) is 0 Å². The lowest BCUT2D eigenvalue weighted by molar-refractivity contribution is 0.384. The number of nitrogens with one attached hydrogen (secondary N) is 1. The van der Waals surface area contributed by atoms with E-state index in [1.807, 2.05) is 18.2 Å². The van der Waals surface area contributed by atoms with Crippen molar-refractivity contribution in [2.75, 3.05) is 31.6 Å². The molecular weight excluding hydrogens is 342 g/mol. The van der Waals surface area contributed by atoms with Gasteiger partial charge in [0.05, 0.1) is 18.4 Å². The molecule has 9 heteroatoms. The Morgan fingerprint density at radius 1 is 1.48 bits per heavy atom. The van der Waals surface area contributed by atoms with Crippen molar-refractivity contribution in [2.45, 2.75) is 6.42 Å². The minimum atomic E-state index is -3.65. The maximum Gasteiger partial charge on any atom is 0.274 e. The van der Waals surface area contributed by atoms with E-state index in [0.717, 1.165) is 29.7 Å². The van der Waals surface area contributed by atoms with Gasteiger partial charge in [0.25, 0.3) is 10.2 Å². The molecule has 1 aromatic heterocycles. The number of nitrogens with two attached hydrogens (primary N) is 1. The van der Waals surface area contributed by atoms with E-state index in [0.29, 0.717) is 30.2 Å². The van der Waals surface area contributed by atoms with Crippen molar-refractivity contribution in [2.24, 2.45) is 11.1 Å². The van der Waals surface area contributed by atoms with Crippen LogP contribution in [-0.2, 0) is 10.2 Å². The average Bonchev–Trinajstić information content (AvgIpc) is 2.54. The summed E-state index contributed by atoms with van der Waals surface area (Å²) in [6.45, 7) is 1.81. The van der Waals surface area contributed by atoms with Crippen LogP contribution in [0, 0.1) is 17.2 Å². The van der Waals surface area contributed by atoms with Crippen LogP contribution in [-0.4, -0.2) is 40.1 Å². The first kappa shape index (κ1) is 17.4. The Bertz CT molecular complexity index is 933. The van der Waals surface area contributed by atoms with Crippen LogP contribution in [0.4, 0.5) is 5.69 Å². The van der Waals surface area contributed by atoms with E-state index in [4.69, 9.17) is 9.88 Å². The second-order valence-corrected chi connectivity index (χ2v) is 7.37. The van der Waals surface area contributed by atoms with Gasteiger partial charge in [-0.05, 0) is 18.4 Å². The zero-order valence-electron chi connectivity index (χ0n) is 13.8. The number of aromatic nitrogens is 1. The van der Waals surface area contributed by atoms with E-state index in [1.54, 1.807) is 13.3 Å². The van der Waals surface area contributed by atoms with E-state index in [-0.39, 0.29) is 0 Å². The highest BCUT2D eigenvalue weighted by Crippen LogP contribution is 2.37. The Hall–Kier alpha value is -2.41. The summed E-state index contributed by atoms with van der Waals surface area (Å²) in [4.78, 5) is 6.47. The van der Waals surface area contributed by atoms with Crippen LogP contribution in [0.25, 0.3) is 10.9 Å². The molecule has 0 bridgehead atoms. The van der Waals surface area contributed by atoms with Gasteiger partial charge >= 0.3 is 0 Å². The Kier molecular flexibility index (Phi) is 4.76. The van der Waals surface area contributed by atoms with Gasteiger partial charge < -0.3 is 9.64 Å². The van der Waals surface area contributed by atoms with Gasteiger partial charge in [-0.3, -0.25) is 4.98 Å². The molecule has 3 N–H and O–H groups in total. The van der Waals surface area contributed by atoms with Gasteiger partial charge in [-0.25, -0.2) is 9.86 Å². The van der Waals surface area contributed by atoms with Gasteiger partial charge in [-0.1, -0.05) is 12.1 Å². The summed E-state index contributed by atoms with van der Waals surface area (Å²) in [6.07, 6.45) is 2.26. The van der Waals surface area contributed by atoms with Crippen LogP contribution in [0.15, 0.2) is 24.4 Å². The van der Waals surface area contributed by atoms with Crippen LogP contribution < -0.4 is 19.5 Å². The van der Waals surface area contributed by atoms with Gasteiger partial charge in [-0.2, -0.15) is 13.7 Å². The van der Waals surface area contributed by atoms with Crippen LogP contribution in [0.2, 0.25) is 0 Å². The molecule has 25 heavy (non-hydrogen) atoms. The molecule has 0 spiro atoms. The highest BCUT2D eigenvalue weighted by atomic mass is 32.2. The third-order valence-corrected chi connectivity index (χ3v) is 4.91. The second-order valence-electron chi connectivity index (χ2n) is 5.99. The smallest absolute Gasteiger partial charge is 0.274 e. The number of ether oxygens (including phenoxy) is 1. The first-order valence-corrected chi connectivity index (χ1v) is 9.35. The molecule has 0 unspecified atom stereocenters. The number of methoxy groups -OCH3 is 1. The fourth-order valence-corrected chi connectivity index (χ4v) is 3.51. The summed E-state index contributed by atoms with van der Waals surface area (Å²) in [6, 6.07) is 7.84. The molecule has 0 radical (unpaired) electrons. The predicted octanol–water partition coefficient (Wildman–Crippen LogP) is 0.734. The Morgan fingerprint density at radius 2 is 2.24 bits per heavy atom. The number of nitriles is 1. The van der Waals surface area contributed by atoms with E-state index < -0.39 is 10.2 Å². The first-order valence-electron chi connectivity index (χ1n) is 7.81. The van der Waals surface area contributed by atoms with Crippen LogP contribution in [0.1, 0.15) is 12.0 Å². The highest BCUT2D eigenvalue weighted by Gasteiger charge is 2.30. The molecule has 0 amide bonds. The number of nitrogens with zero attached hydrogens (tertiary/aromatic N) is 3. The average molecular weight is 361 g/mol. The van der Waals surface area contributed by atoms with Crippen molar-refractivity contribution >= 4 is 26.8 Å². The standard InChI is InChI=1S/C16H19N5O3S/c1-24-14-4-2-3-13-15(14)19-8-12(7-17)16(13)21-9-11(10-21)5-6-20-25(18,22)23/h2-4,8,11,20H,5-6,9-10H2,1H3,(H2,18,22,23). The number of pyridine rings is 1. The minimum Gasteiger partial charge on any atom is -0.494 e. The molecule has 132 valence electrons. The number of benzene rings is 1. The van der Waals surface area contributed by atoms with E-state index >= 15 is 0 Å². The molecule has 2 heterocycles. The SMILES string of the molecule is COc1cccc2c(N3CC(CCNS(N)(=O)=O)C3)c(C#N)cnc12. The zero-order chi connectivity index (χ0) is 18.0. The second kappa shape index (κ2) is 6.84. The molecular formula is C16H19N5O3S. The van der Waals surface area contributed by atoms with Crippen molar-refractivity contribution in [1.82, 2.24) is 9.71 Å². The monoisotopic (exact) mass is 361 g/mol. The summed E-state index contributed by atoms with van der Waals surface area (Å²) in [5, 5.41) is 15.2. The van der Waals surface area contributed by atoms with Crippen LogP contribution in [0.5, 0.6) is 5.75 Å². The lowest BCUT2D eigenvalue weighted by Crippen LogP contribution is -2.48. The number of fused-ring (bicyclic) bond motifs is 1. The summed E-state index contributed by atoms with van der Waals surface area (Å²) >= 11 is 0. The molecule has 0 saturated carbocycles. The van der Waals surface area contributed by atoms with Crippen molar-refractivity contribution in [1.29, 1.82) is 5.26 Å². The Balaban J connectivity index is 1.79. The normalized spacial score (nSPS) is 15.0. The molecule has 1 saturated heterocycles. The van der Waals surface area contributed by atoms with Crippen molar-refractivity contribution < 1.29 is 13.2 Å². The summed E-state index contributed by atoms with van der Waals surface area (Å²) < 4.78 is 29.4. The van der Waals surface area contributed by atoms with Gasteiger partial charge in [0.15, 0.2) is 0 Å². The maximum absolute atomic E-state index is 10.9. The third-order valence-electron chi connectivity index (χ3n) is 4.30. The van der Waals surface area contributed by atoms with Crippen molar-refractivity contribution in [3.05, 3.63) is 30.0 Å². The summed E-state index contributed by atoms with van der Waals surface area (Å²) in [5.74, 6) is 1.01. The quantitative estimate of drug-likeness (QED) is 0.782. The van der Waals surface area contributed by atoms with Crippen molar-refractivity contribution in [3.8, 4) is 11.8 Å². The largest absolute Gasteiger partial charge is 0.494 e. The Labute approximate surface area is 146 Å². The molecule has 1 aliphatic heterocycles. The number of para-hydroxylation sites is 1. The van der Waals surface area contributed by atoms with Gasteiger partial charge in [-0.15, -0.1) is 0 Å². The van der Waals surface area contributed by atoms with E-state index in [2.05, 4.69) is 20.7 Å².